The molecule has 1 aromatic rings. The summed E-state index contributed by atoms with van der Waals surface area (Å²) in [6.45, 7) is 1.70. The molecule has 1 heterocycles. The van der Waals surface area contributed by atoms with Gasteiger partial charge in [0.15, 0.2) is 0 Å². The number of aliphatic hydroxyl groups is 1. The van der Waals surface area contributed by atoms with Gasteiger partial charge in [0, 0.05) is 0 Å². The number of aromatic nitrogens is 2. The Morgan fingerprint density at radius 2 is 2.07 bits per heavy atom. The van der Waals surface area contributed by atoms with Crippen LogP contribution in [0.1, 0.15) is 11.4 Å². The molecule has 0 aromatic carbocycles. The molecule has 0 amide bonds. The Hall–Kier alpha value is -1.30. The molecule has 0 saturated carbocycles. The Morgan fingerprint density at radius 3 is 2.60 bits per heavy atom. The summed E-state index contributed by atoms with van der Waals surface area (Å²) in [6.07, 6.45) is 1.38. The average molecular weight is 217 g/mol. The van der Waals surface area contributed by atoms with E-state index < -0.39 is 19.1 Å². The van der Waals surface area contributed by atoms with Crippen LogP contribution in [0.2, 0.25) is 0 Å². The highest BCUT2D eigenvalue weighted by Crippen LogP contribution is 2.13. The van der Waals surface area contributed by atoms with E-state index >= 15 is 0 Å². The van der Waals surface area contributed by atoms with Crippen LogP contribution < -0.4 is 5.32 Å². The Labute approximate surface area is 86.4 Å². The molecule has 0 aliphatic heterocycles. The van der Waals surface area contributed by atoms with Crippen molar-refractivity contribution in [3.63, 3.8) is 0 Å². The zero-order chi connectivity index (χ0) is 11.5. The van der Waals surface area contributed by atoms with Crippen LogP contribution in [-0.4, -0.2) is 34.1 Å². The van der Waals surface area contributed by atoms with Gasteiger partial charge in [0.05, 0.1) is 24.1 Å². The van der Waals surface area contributed by atoms with Crippen molar-refractivity contribution in [2.75, 3.05) is 18.5 Å². The number of nitrogens with zero attached hydrogens (tertiary/aromatic N) is 2. The fourth-order valence-electron chi connectivity index (χ4n) is 0.903. The minimum absolute atomic E-state index is 0.284. The molecule has 0 atom stereocenters. The lowest BCUT2D eigenvalue weighted by molar-refractivity contribution is -0.0373. The van der Waals surface area contributed by atoms with Gasteiger partial charge in [-0.1, -0.05) is 0 Å². The van der Waals surface area contributed by atoms with E-state index in [1.165, 1.54) is 6.20 Å². The first-order valence-electron chi connectivity index (χ1n) is 4.47. The molecule has 15 heavy (non-hydrogen) atoms. The Kier molecular flexibility index (Phi) is 3.52. The highest BCUT2D eigenvalue weighted by Gasteiger charge is 2.27. The van der Waals surface area contributed by atoms with E-state index in [9.17, 15) is 8.78 Å². The van der Waals surface area contributed by atoms with Crippen LogP contribution in [0.4, 0.5) is 14.6 Å². The number of hydrogen-bond donors (Lipinski definition) is 2. The Balaban J connectivity index is 2.62. The summed E-state index contributed by atoms with van der Waals surface area (Å²) in [7, 11) is 0. The third-order valence-electron chi connectivity index (χ3n) is 1.95. The van der Waals surface area contributed by atoms with Gasteiger partial charge in [0.2, 0.25) is 0 Å². The van der Waals surface area contributed by atoms with E-state index in [1.807, 2.05) is 0 Å². The number of aliphatic hydroxyl groups excluding tert-OH is 1. The van der Waals surface area contributed by atoms with Crippen LogP contribution in [0.3, 0.4) is 0 Å². The topological polar surface area (TPSA) is 58.0 Å². The van der Waals surface area contributed by atoms with Crippen molar-refractivity contribution in [3.8, 4) is 0 Å². The van der Waals surface area contributed by atoms with Gasteiger partial charge in [-0.05, 0) is 13.8 Å². The van der Waals surface area contributed by atoms with Gasteiger partial charge in [-0.15, -0.1) is 0 Å². The van der Waals surface area contributed by atoms with Crippen molar-refractivity contribution >= 4 is 5.82 Å². The minimum atomic E-state index is -3.14. The summed E-state index contributed by atoms with van der Waals surface area (Å²) in [5.41, 5.74) is 1.45. The zero-order valence-corrected chi connectivity index (χ0v) is 8.59. The maximum atomic E-state index is 12.7. The fraction of sp³-hybridized carbons (Fsp3) is 0.556. The van der Waals surface area contributed by atoms with Crippen molar-refractivity contribution in [1.29, 1.82) is 0 Å². The molecule has 0 bridgehead atoms. The smallest absolute Gasteiger partial charge is 0.287 e. The van der Waals surface area contributed by atoms with Crippen molar-refractivity contribution in [3.05, 3.63) is 17.6 Å². The van der Waals surface area contributed by atoms with E-state index in [-0.39, 0.29) is 5.82 Å². The summed E-state index contributed by atoms with van der Waals surface area (Å²) < 4.78 is 25.3. The van der Waals surface area contributed by atoms with Gasteiger partial charge in [-0.2, -0.15) is 0 Å². The first-order valence-corrected chi connectivity index (χ1v) is 4.47. The van der Waals surface area contributed by atoms with E-state index in [4.69, 9.17) is 5.11 Å². The second kappa shape index (κ2) is 4.48. The van der Waals surface area contributed by atoms with Crippen LogP contribution in [0.25, 0.3) is 0 Å². The molecule has 0 fully saturated rings. The normalized spacial score (nSPS) is 11.5. The SMILES string of the molecule is Cc1ncc(NCC(F)(F)CO)nc1C. The first-order chi connectivity index (χ1) is 6.94. The monoisotopic (exact) mass is 217 g/mol. The quantitative estimate of drug-likeness (QED) is 0.793. The van der Waals surface area contributed by atoms with Crippen LogP contribution >= 0.6 is 0 Å². The summed E-state index contributed by atoms with van der Waals surface area (Å²) in [4.78, 5) is 7.99. The molecule has 4 nitrogen and oxygen atoms in total. The molecule has 84 valence electrons. The number of alkyl halides is 2. The molecule has 0 spiro atoms. The number of halogens is 2. The lowest BCUT2D eigenvalue weighted by atomic mass is 10.3. The third-order valence-corrected chi connectivity index (χ3v) is 1.95. The van der Waals surface area contributed by atoms with E-state index in [0.717, 1.165) is 5.69 Å². The van der Waals surface area contributed by atoms with Gasteiger partial charge in [0.1, 0.15) is 12.4 Å². The second-order valence-corrected chi connectivity index (χ2v) is 3.29. The predicted molar refractivity (Wildman–Crippen MR) is 52.0 cm³/mol. The largest absolute Gasteiger partial charge is 0.390 e. The Bertz CT molecular complexity index is 344. The van der Waals surface area contributed by atoms with Crippen LogP contribution in [0.15, 0.2) is 6.20 Å². The molecule has 0 saturated heterocycles. The predicted octanol–water partition coefficient (Wildman–Crippen LogP) is 1.13. The number of anilines is 1. The summed E-state index contributed by atoms with van der Waals surface area (Å²) in [5.74, 6) is -2.85. The van der Waals surface area contributed by atoms with Crippen molar-refractivity contribution < 1.29 is 13.9 Å². The number of hydrogen-bond acceptors (Lipinski definition) is 4. The maximum absolute atomic E-state index is 12.7. The summed E-state index contributed by atoms with van der Waals surface area (Å²) in [5, 5.41) is 10.8. The maximum Gasteiger partial charge on any atom is 0.287 e. The average Bonchev–Trinajstić information content (AvgIpc) is 2.20. The molecule has 2 N–H and O–H groups in total. The van der Waals surface area contributed by atoms with E-state index in [1.54, 1.807) is 13.8 Å². The first kappa shape index (κ1) is 11.8. The second-order valence-electron chi connectivity index (χ2n) is 3.29. The molecule has 1 aromatic heterocycles. The highest BCUT2D eigenvalue weighted by atomic mass is 19.3. The zero-order valence-electron chi connectivity index (χ0n) is 8.59. The molecule has 0 radical (unpaired) electrons. The standard InChI is InChI=1S/C9H13F2N3O/c1-6-7(2)14-8(3-12-6)13-4-9(10,11)5-15/h3,15H,4-5H2,1-2H3,(H,13,14). The van der Waals surface area contributed by atoms with Crippen molar-refractivity contribution in [1.82, 2.24) is 9.97 Å². The minimum Gasteiger partial charge on any atom is -0.390 e. The molecule has 0 unspecified atom stereocenters. The van der Waals surface area contributed by atoms with Crippen molar-refractivity contribution in [2.45, 2.75) is 19.8 Å². The molecule has 6 heteroatoms. The number of nitrogens with one attached hydrogen (secondary N) is 1. The third kappa shape index (κ3) is 3.39. The molecular weight excluding hydrogens is 204 g/mol. The lowest BCUT2D eigenvalue weighted by Crippen LogP contribution is -2.31. The summed E-state index contributed by atoms with van der Waals surface area (Å²) in [6, 6.07) is 0. The van der Waals surface area contributed by atoms with Crippen molar-refractivity contribution in [2.24, 2.45) is 0 Å². The van der Waals surface area contributed by atoms with Crippen LogP contribution in [0.5, 0.6) is 0 Å². The van der Waals surface area contributed by atoms with E-state index in [2.05, 4.69) is 15.3 Å². The van der Waals surface area contributed by atoms with Crippen LogP contribution in [-0.2, 0) is 0 Å². The van der Waals surface area contributed by atoms with Gasteiger partial charge in [-0.3, -0.25) is 4.98 Å². The number of rotatable bonds is 4. The van der Waals surface area contributed by atoms with Crippen LogP contribution in [0, 0.1) is 13.8 Å². The molecule has 0 aliphatic carbocycles. The Morgan fingerprint density at radius 1 is 1.40 bits per heavy atom. The van der Waals surface area contributed by atoms with Gasteiger partial charge in [0.25, 0.3) is 5.92 Å². The molecular formula is C9H13F2N3O. The lowest BCUT2D eigenvalue weighted by Gasteiger charge is -2.14. The molecule has 0 aliphatic rings. The van der Waals surface area contributed by atoms with Gasteiger partial charge in [-0.25, -0.2) is 13.8 Å². The fourth-order valence-corrected chi connectivity index (χ4v) is 0.903. The van der Waals surface area contributed by atoms with Gasteiger partial charge < -0.3 is 10.4 Å². The van der Waals surface area contributed by atoms with E-state index in [0.29, 0.717) is 5.69 Å². The van der Waals surface area contributed by atoms with Gasteiger partial charge >= 0.3 is 0 Å². The highest BCUT2D eigenvalue weighted by molar-refractivity contribution is 5.33. The summed E-state index contributed by atoms with van der Waals surface area (Å²) >= 11 is 0. The number of aryl methyl sites for hydroxylation is 2. The molecule has 1 rings (SSSR count).